The van der Waals surface area contributed by atoms with Gasteiger partial charge < -0.3 is 20.3 Å². The van der Waals surface area contributed by atoms with Gasteiger partial charge in [-0.25, -0.2) is 9.97 Å². The maximum atomic E-state index is 5.85. The van der Waals surface area contributed by atoms with Crippen molar-refractivity contribution >= 4 is 11.6 Å². The molecular formula is C13H23N5O. The van der Waals surface area contributed by atoms with Crippen molar-refractivity contribution in [3.63, 3.8) is 0 Å². The number of likely N-dealkylation sites (N-methyl/N-ethyl adjacent to an activating group) is 1. The first-order valence-electron chi connectivity index (χ1n) is 6.64. The van der Waals surface area contributed by atoms with Crippen LogP contribution >= 0.6 is 0 Å². The lowest BCUT2D eigenvalue weighted by Gasteiger charge is -2.36. The molecule has 1 aromatic rings. The lowest BCUT2D eigenvalue weighted by molar-refractivity contribution is 0.178. The van der Waals surface area contributed by atoms with E-state index in [2.05, 4.69) is 33.9 Å². The number of methoxy groups -OCH3 is 1. The molecular weight excluding hydrogens is 242 g/mol. The van der Waals surface area contributed by atoms with Gasteiger partial charge in [0, 0.05) is 32.3 Å². The Bertz CT molecular complexity index is 423. The van der Waals surface area contributed by atoms with Crippen LogP contribution in [0, 0.1) is 0 Å². The summed E-state index contributed by atoms with van der Waals surface area (Å²) in [7, 11) is 5.88. The van der Waals surface area contributed by atoms with Crippen LogP contribution in [-0.4, -0.2) is 55.2 Å². The smallest absolute Gasteiger partial charge is 0.158 e. The Morgan fingerprint density at radius 2 is 2.26 bits per heavy atom. The zero-order chi connectivity index (χ0) is 13.8. The van der Waals surface area contributed by atoms with Gasteiger partial charge in [0.15, 0.2) is 5.82 Å². The normalized spacial score (nSPS) is 20.0. The highest BCUT2D eigenvalue weighted by Gasteiger charge is 2.22. The minimum atomic E-state index is 0.392. The second-order valence-corrected chi connectivity index (χ2v) is 5.21. The molecule has 6 nitrogen and oxygen atoms in total. The quantitative estimate of drug-likeness (QED) is 0.866. The largest absolute Gasteiger partial charge is 0.384 e. The maximum Gasteiger partial charge on any atom is 0.158 e. The summed E-state index contributed by atoms with van der Waals surface area (Å²) in [4.78, 5) is 13.3. The minimum absolute atomic E-state index is 0.392. The molecule has 0 saturated carbocycles. The Balaban J connectivity index is 2.16. The van der Waals surface area contributed by atoms with E-state index in [4.69, 9.17) is 10.5 Å². The Kier molecular flexibility index (Phi) is 4.55. The lowest BCUT2D eigenvalue weighted by atomic mass is 10.1. The number of piperidine rings is 1. The second-order valence-electron chi connectivity index (χ2n) is 5.21. The van der Waals surface area contributed by atoms with E-state index in [1.807, 2.05) is 6.07 Å². The summed E-state index contributed by atoms with van der Waals surface area (Å²) in [6, 6.07) is 2.41. The van der Waals surface area contributed by atoms with E-state index in [-0.39, 0.29) is 0 Å². The summed E-state index contributed by atoms with van der Waals surface area (Å²) in [5.41, 5.74) is 5.85. The van der Waals surface area contributed by atoms with E-state index in [1.165, 1.54) is 12.8 Å². The van der Waals surface area contributed by atoms with Crippen molar-refractivity contribution in [1.29, 1.82) is 0 Å². The topological polar surface area (TPSA) is 67.5 Å². The molecule has 1 unspecified atom stereocenters. The summed E-state index contributed by atoms with van der Waals surface area (Å²) in [6.45, 7) is 2.39. The molecule has 2 N–H and O–H groups in total. The second kappa shape index (κ2) is 6.16. The number of rotatable bonds is 4. The summed E-state index contributed by atoms with van der Waals surface area (Å²) in [5, 5.41) is 0. The van der Waals surface area contributed by atoms with E-state index in [0.29, 0.717) is 24.3 Å². The highest BCUT2D eigenvalue weighted by atomic mass is 16.5. The fourth-order valence-electron chi connectivity index (χ4n) is 2.44. The van der Waals surface area contributed by atoms with E-state index >= 15 is 0 Å². The Hall–Kier alpha value is -1.40. The summed E-state index contributed by atoms with van der Waals surface area (Å²) >= 11 is 0. The van der Waals surface area contributed by atoms with Crippen molar-refractivity contribution in [2.75, 3.05) is 44.9 Å². The van der Waals surface area contributed by atoms with Crippen molar-refractivity contribution < 1.29 is 4.74 Å². The predicted molar refractivity (Wildman–Crippen MR) is 76.1 cm³/mol. The molecule has 0 bridgehead atoms. The molecule has 0 aromatic carbocycles. The molecule has 0 spiro atoms. The van der Waals surface area contributed by atoms with Gasteiger partial charge in [0.1, 0.15) is 18.2 Å². The minimum Gasteiger partial charge on any atom is -0.384 e. The van der Waals surface area contributed by atoms with Crippen LogP contribution in [0.5, 0.6) is 0 Å². The maximum absolute atomic E-state index is 5.85. The van der Waals surface area contributed by atoms with Crippen LogP contribution in [0.2, 0.25) is 0 Å². The van der Waals surface area contributed by atoms with Gasteiger partial charge in [-0.1, -0.05) is 0 Å². The first-order chi connectivity index (χ1) is 9.10. The Morgan fingerprint density at radius 3 is 2.95 bits per heavy atom. The van der Waals surface area contributed by atoms with Crippen molar-refractivity contribution in [2.24, 2.45) is 0 Å². The molecule has 6 heteroatoms. The Morgan fingerprint density at radius 1 is 1.47 bits per heavy atom. The number of nitrogen functional groups attached to an aromatic ring is 1. The van der Waals surface area contributed by atoms with Crippen LogP contribution in [-0.2, 0) is 11.3 Å². The van der Waals surface area contributed by atoms with E-state index in [9.17, 15) is 0 Å². The summed E-state index contributed by atoms with van der Waals surface area (Å²) in [6.07, 6.45) is 2.40. The fourth-order valence-corrected chi connectivity index (χ4v) is 2.44. The molecule has 106 valence electrons. The third kappa shape index (κ3) is 3.54. The van der Waals surface area contributed by atoms with Gasteiger partial charge in [-0.05, 0) is 26.9 Å². The van der Waals surface area contributed by atoms with Crippen LogP contribution in [0.15, 0.2) is 6.07 Å². The van der Waals surface area contributed by atoms with Crippen molar-refractivity contribution in [3.05, 3.63) is 11.9 Å². The van der Waals surface area contributed by atoms with Crippen LogP contribution in [0.4, 0.5) is 11.6 Å². The average molecular weight is 265 g/mol. The third-order valence-corrected chi connectivity index (χ3v) is 3.50. The Labute approximate surface area is 114 Å². The van der Waals surface area contributed by atoms with Crippen LogP contribution in [0.3, 0.4) is 0 Å². The number of ether oxygens (including phenoxy) is 1. The number of hydrogen-bond donors (Lipinski definition) is 1. The molecule has 1 fully saturated rings. The highest BCUT2D eigenvalue weighted by molar-refractivity contribution is 5.47. The van der Waals surface area contributed by atoms with Crippen LogP contribution in [0.25, 0.3) is 0 Å². The van der Waals surface area contributed by atoms with Crippen molar-refractivity contribution in [2.45, 2.75) is 25.5 Å². The molecule has 1 aliphatic heterocycles. The standard InChI is InChI=1S/C13H23N5O/c1-17(2)10-5-4-6-18(8-10)13-7-11(14)15-12(16-13)9-19-3/h7,10H,4-6,8-9H2,1-3H3,(H2,14,15,16). The number of nitrogens with zero attached hydrogens (tertiary/aromatic N) is 4. The molecule has 1 aliphatic rings. The van der Waals surface area contributed by atoms with E-state index in [1.54, 1.807) is 7.11 Å². The van der Waals surface area contributed by atoms with Gasteiger partial charge in [0.05, 0.1) is 0 Å². The SMILES string of the molecule is COCc1nc(N)cc(N2CCCC(N(C)C)C2)n1. The fraction of sp³-hybridized carbons (Fsp3) is 0.692. The van der Waals surface area contributed by atoms with Gasteiger partial charge >= 0.3 is 0 Å². The predicted octanol–water partition coefficient (Wildman–Crippen LogP) is 0.736. The lowest BCUT2D eigenvalue weighted by Crippen LogP contribution is -2.45. The van der Waals surface area contributed by atoms with Crippen LogP contribution in [0.1, 0.15) is 18.7 Å². The number of hydrogen-bond acceptors (Lipinski definition) is 6. The molecule has 0 amide bonds. The first-order valence-corrected chi connectivity index (χ1v) is 6.64. The number of nitrogens with two attached hydrogens (primary N) is 1. The molecule has 1 atom stereocenters. The summed E-state index contributed by atoms with van der Waals surface area (Å²) < 4.78 is 5.08. The first kappa shape index (κ1) is 14.0. The molecule has 0 radical (unpaired) electrons. The van der Waals surface area contributed by atoms with Gasteiger partial charge in [-0.2, -0.15) is 0 Å². The molecule has 0 aliphatic carbocycles. The molecule has 1 aromatic heterocycles. The van der Waals surface area contributed by atoms with E-state index in [0.717, 1.165) is 18.9 Å². The molecule has 2 heterocycles. The number of aromatic nitrogens is 2. The highest BCUT2D eigenvalue weighted by Crippen LogP contribution is 2.21. The summed E-state index contributed by atoms with van der Waals surface area (Å²) in [5.74, 6) is 2.06. The molecule has 2 rings (SSSR count). The van der Waals surface area contributed by atoms with Gasteiger partial charge in [0.2, 0.25) is 0 Å². The monoisotopic (exact) mass is 265 g/mol. The van der Waals surface area contributed by atoms with Gasteiger partial charge in [-0.15, -0.1) is 0 Å². The van der Waals surface area contributed by atoms with Crippen molar-refractivity contribution in [1.82, 2.24) is 14.9 Å². The van der Waals surface area contributed by atoms with Gasteiger partial charge in [0.25, 0.3) is 0 Å². The third-order valence-electron chi connectivity index (χ3n) is 3.50. The zero-order valence-electron chi connectivity index (χ0n) is 12.0. The molecule has 19 heavy (non-hydrogen) atoms. The van der Waals surface area contributed by atoms with Gasteiger partial charge in [-0.3, -0.25) is 0 Å². The van der Waals surface area contributed by atoms with Crippen molar-refractivity contribution in [3.8, 4) is 0 Å². The van der Waals surface area contributed by atoms with E-state index < -0.39 is 0 Å². The van der Waals surface area contributed by atoms with Crippen LogP contribution < -0.4 is 10.6 Å². The number of anilines is 2. The molecule has 1 saturated heterocycles. The average Bonchev–Trinajstić information content (AvgIpc) is 2.38. The zero-order valence-corrected chi connectivity index (χ0v) is 12.0.